The molecule has 0 fully saturated rings. The van der Waals surface area contributed by atoms with Gasteiger partial charge >= 0.3 is 0 Å². The van der Waals surface area contributed by atoms with E-state index in [1.807, 2.05) is 0 Å². The molecule has 0 unspecified atom stereocenters. The SMILES string of the molecule is Cc1ccc(C(C)C)c2c1CN(C)CC2. The lowest BCUT2D eigenvalue weighted by Gasteiger charge is -2.29. The Morgan fingerprint density at radius 2 is 1.93 bits per heavy atom. The van der Waals surface area contributed by atoms with Crippen molar-refractivity contribution in [1.29, 1.82) is 0 Å². The molecule has 0 saturated heterocycles. The molecular weight excluding hydrogens is 182 g/mol. The number of hydrogen-bond acceptors (Lipinski definition) is 1. The molecule has 0 amide bonds. The predicted molar refractivity (Wildman–Crippen MR) is 65.3 cm³/mol. The fourth-order valence-corrected chi connectivity index (χ4v) is 2.54. The van der Waals surface area contributed by atoms with Gasteiger partial charge in [0.15, 0.2) is 0 Å². The highest BCUT2D eigenvalue weighted by atomic mass is 15.1. The molecule has 0 aliphatic carbocycles. The van der Waals surface area contributed by atoms with E-state index in [1.165, 1.54) is 18.5 Å². The highest BCUT2D eigenvalue weighted by molar-refractivity contribution is 5.43. The van der Waals surface area contributed by atoms with Crippen LogP contribution >= 0.6 is 0 Å². The highest BCUT2D eigenvalue weighted by Gasteiger charge is 2.18. The van der Waals surface area contributed by atoms with Crippen LogP contribution in [0.3, 0.4) is 0 Å². The first-order valence-electron chi connectivity index (χ1n) is 5.89. The Morgan fingerprint density at radius 3 is 2.60 bits per heavy atom. The van der Waals surface area contributed by atoms with Gasteiger partial charge in [-0.1, -0.05) is 26.0 Å². The first kappa shape index (κ1) is 10.7. The number of fused-ring (bicyclic) bond motifs is 1. The summed E-state index contributed by atoms with van der Waals surface area (Å²) in [5, 5.41) is 0. The van der Waals surface area contributed by atoms with Gasteiger partial charge in [-0.2, -0.15) is 0 Å². The molecule has 1 aliphatic heterocycles. The summed E-state index contributed by atoms with van der Waals surface area (Å²) in [5.41, 5.74) is 6.22. The lowest BCUT2D eigenvalue weighted by atomic mass is 9.87. The summed E-state index contributed by atoms with van der Waals surface area (Å²) < 4.78 is 0. The van der Waals surface area contributed by atoms with Crippen molar-refractivity contribution in [3.05, 3.63) is 34.4 Å². The molecule has 1 aliphatic rings. The molecule has 1 heteroatoms. The normalized spacial score (nSPS) is 16.9. The predicted octanol–water partition coefficient (Wildman–Crippen LogP) is 3.11. The van der Waals surface area contributed by atoms with Gasteiger partial charge < -0.3 is 4.90 Å². The standard InChI is InChI=1S/C14H21N/c1-10(2)12-6-5-11(3)14-9-15(4)8-7-13(12)14/h5-6,10H,7-9H2,1-4H3. The van der Waals surface area contributed by atoms with Crippen LogP contribution in [0.2, 0.25) is 0 Å². The summed E-state index contributed by atoms with van der Waals surface area (Å²) in [4.78, 5) is 2.42. The molecule has 1 aromatic carbocycles. The maximum Gasteiger partial charge on any atom is 0.0236 e. The van der Waals surface area contributed by atoms with E-state index in [0.29, 0.717) is 5.92 Å². The minimum Gasteiger partial charge on any atom is -0.302 e. The molecule has 15 heavy (non-hydrogen) atoms. The molecule has 1 aromatic rings. The van der Waals surface area contributed by atoms with Gasteiger partial charge in [-0.3, -0.25) is 0 Å². The zero-order valence-electron chi connectivity index (χ0n) is 10.3. The third-order valence-corrected chi connectivity index (χ3v) is 3.50. The Balaban J connectivity index is 2.50. The molecule has 1 heterocycles. The summed E-state index contributed by atoms with van der Waals surface area (Å²) in [6, 6.07) is 4.61. The van der Waals surface area contributed by atoms with Crippen molar-refractivity contribution in [1.82, 2.24) is 4.90 Å². The van der Waals surface area contributed by atoms with E-state index in [-0.39, 0.29) is 0 Å². The van der Waals surface area contributed by atoms with Gasteiger partial charge in [-0.15, -0.1) is 0 Å². The molecule has 0 radical (unpaired) electrons. The summed E-state index contributed by atoms with van der Waals surface area (Å²) in [7, 11) is 2.21. The first-order valence-corrected chi connectivity index (χ1v) is 5.89. The monoisotopic (exact) mass is 203 g/mol. The topological polar surface area (TPSA) is 3.24 Å². The largest absolute Gasteiger partial charge is 0.302 e. The summed E-state index contributed by atoms with van der Waals surface area (Å²) in [6.45, 7) is 9.16. The van der Waals surface area contributed by atoms with E-state index in [0.717, 1.165) is 6.54 Å². The van der Waals surface area contributed by atoms with Gasteiger partial charge in [0.2, 0.25) is 0 Å². The van der Waals surface area contributed by atoms with Crippen LogP contribution in [-0.4, -0.2) is 18.5 Å². The molecule has 0 atom stereocenters. The van der Waals surface area contributed by atoms with Crippen LogP contribution in [-0.2, 0) is 13.0 Å². The fourth-order valence-electron chi connectivity index (χ4n) is 2.54. The van der Waals surface area contributed by atoms with E-state index in [4.69, 9.17) is 0 Å². The molecule has 0 saturated carbocycles. The maximum absolute atomic E-state index is 2.42. The van der Waals surface area contributed by atoms with E-state index < -0.39 is 0 Å². The van der Waals surface area contributed by atoms with Crippen molar-refractivity contribution in [3.8, 4) is 0 Å². The number of aryl methyl sites for hydroxylation is 1. The Hall–Kier alpha value is -0.820. The van der Waals surface area contributed by atoms with Crippen LogP contribution in [0, 0.1) is 6.92 Å². The molecular formula is C14H21N. The van der Waals surface area contributed by atoms with Crippen molar-refractivity contribution in [2.24, 2.45) is 0 Å². The van der Waals surface area contributed by atoms with E-state index in [1.54, 1.807) is 16.7 Å². The summed E-state index contributed by atoms with van der Waals surface area (Å²) in [5.74, 6) is 0.655. The van der Waals surface area contributed by atoms with E-state index in [9.17, 15) is 0 Å². The van der Waals surface area contributed by atoms with Crippen LogP contribution in [0.1, 0.15) is 42.0 Å². The zero-order chi connectivity index (χ0) is 11.0. The second-order valence-electron chi connectivity index (χ2n) is 5.07. The van der Waals surface area contributed by atoms with Crippen LogP contribution < -0.4 is 0 Å². The third-order valence-electron chi connectivity index (χ3n) is 3.50. The van der Waals surface area contributed by atoms with Crippen molar-refractivity contribution in [3.63, 3.8) is 0 Å². The second kappa shape index (κ2) is 3.97. The van der Waals surface area contributed by atoms with Crippen LogP contribution in [0.5, 0.6) is 0 Å². The minimum atomic E-state index is 0.655. The van der Waals surface area contributed by atoms with Crippen molar-refractivity contribution >= 4 is 0 Å². The smallest absolute Gasteiger partial charge is 0.0236 e. The van der Waals surface area contributed by atoms with E-state index in [2.05, 4.69) is 44.9 Å². The molecule has 0 bridgehead atoms. The number of likely N-dealkylation sites (N-methyl/N-ethyl adjacent to an activating group) is 1. The number of nitrogens with zero attached hydrogens (tertiary/aromatic N) is 1. The number of benzene rings is 1. The van der Waals surface area contributed by atoms with Gasteiger partial charge in [-0.25, -0.2) is 0 Å². The van der Waals surface area contributed by atoms with Gasteiger partial charge in [0.05, 0.1) is 0 Å². The van der Waals surface area contributed by atoms with Crippen LogP contribution in [0.4, 0.5) is 0 Å². The summed E-state index contributed by atoms with van der Waals surface area (Å²) in [6.07, 6.45) is 1.22. The molecule has 2 rings (SSSR count). The Bertz CT molecular complexity index is 366. The van der Waals surface area contributed by atoms with Crippen molar-refractivity contribution in [2.75, 3.05) is 13.6 Å². The average molecular weight is 203 g/mol. The molecule has 82 valence electrons. The van der Waals surface area contributed by atoms with Gasteiger partial charge in [-0.05, 0) is 48.6 Å². The van der Waals surface area contributed by atoms with Gasteiger partial charge in [0.1, 0.15) is 0 Å². The lowest BCUT2D eigenvalue weighted by Crippen LogP contribution is -2.28. The minimum absolute atomic E-state index is 0.655. The molecule has 1 nitrogen and oxygen atoms in total. The highest BCUT2D eigenvalue weighted by Crippen LogP contribution is 2.29. The van der Waals surface area contributed by atoms with Gasteiger partial charge in [0, 0.05) is 13.1 Å². The fraction of sp³-hybridized carbons (Fsp3) is 0.571. The van der Waals surface area contributed by atoms with Gasteiger partial charge in [0.25, 0.3) is 0 Å². The quantitative estimate of drug-likeness (QED) is 0.678. The van der Waals surface area contributed by atoms with E-state index >= 15 is 0 Å². The third kappa shape index (κ3) is 1.93. The Labute approximate surface area is 93.1 Å². The average Bonchev–Trinajstić information content (AvgIpc) is 2.19. The summed E-state index contributed by atoms with van der Waals surface area (Å²) >= 11 is 0. The van der Waals surface area contributed by atoms with Crippen molar-refractivity contribution < 1.29 is 0 Å². The zero-order valence-corrected chi connectivity index (χ0v) is 10.3. The first-order chi connectivity index (χ1) is 7.09. The number of hydrogen-bond donors (Lipinski definition) is 0. The van der Waals surface area contributed by atoms with Crippen LogP contribution in [0.15, 0.2) is 12.1 Å². The maximum atomic E-state index is 2.42. The Morgan fingerprint density at radius 1 is 1.20 bits per heavy atom. The lowest BCUT2D eigenvalue weighted by molar-refractivity contribution is 0.311. The molecule has 0 aromatic heterocycles. The second-order valence-corrected chi connectivity index (χ2v) is 5.07. The number of rotatable bonds is 1. The molecule has 0 N–H and O–H groups in total. The Kier molecular flexibility index (Phi) is 2.83. The van der Waals surface area contributed by atoms with Crippen molar-refractivity contribution in [2.45, 2.75) is 39.7 Å². The van der Waals surface area contributed by atoms with Crippen LogP contribution in [0.25, 0.3) is 0 Å². The molecule has 0 spiro atoms.